The summed E-state index contributed by atoms with van der Waals surface area (Å²) >= 11 is 0. The van der Waals surface area contributed by atoms with Crippen molar-refractivity contribution in [2.75, 3.05) is 11.9 Å². The normalized spacial score (nSPS) is 9.75. The van der Waals surface area contributed by atoms with E-state index in [0.29, 0.717) is 11.3 Å². The van der Waals surface area contributed by atoms with E-state index in [1.54, 1.807) is 19.1 Å². The molecular weight excluding hydrogens is 254 g/mol. The van der Waals surface area contributed by atoms with Gasteiger partial charge in [-0.2, -0.15) is 4.98 Å². The monoisotopic (exact) mass is 269 g/mol. The first-order valence-corrected chi connectivity index (χ1v) is 6.12. The molecule has 5 heteroatoms. The van der Waals surface area contributed by atoms with E-state index >= 15 is 0 Å². The summed E-state index contributed by atoms with van der Waals surface area (Å²) in [6, 6.07) is 5.57. The maximum absolute atomic E-state index is 12.1. The highest BCUT2D eigenvalue weighted by molar-refractivity contribution is 6.03. The second-order valence-corrected chi connectivity index (χ2v) is 4.34. The van der Waals surface area contributed by atoms with Gasteiger partial charge in [0.15, 0.2) is 0 Å². The molecule has 0 fully saturated rings. The summed E-state index contributed by atoms with van der Waals surface area (Å²) in [5.41, 5.74) is 8.25. The fourth-order valence-electron chi connectivity index (χ4n) is 1.72. The maximum Gasteiger partial charge on any atom is 0.301 e. The Labute approximate surface area is 117 Å². The quantitative estimate of drug-likeness (QED) is 0.815. The van der Waals surface area contributed by atoms with Crippen LogP contribution in [0.25, 0.3) is 0 Å². The average molecular weight is 269 g/mol. The van der Waals surface area contributed by atoms with E-state index in [-0.39, 0.29) is 18.5 Å². The lowest BCUT2D eigenvalue weighted by Gasteiger charge is -2.03. The molecule has 0 aliphatic carbocycles. The zero-order chi connectivity index (χ0) is 14.5. The lowest BCUT2D eigenvalue weighted by molar-refractivity contribution is 0.102. The van der Waals surface area contributed by atoms with Crippen molar-refractivity contribution >= 4 is 11.9 Å². The van der Waals surface area contributed by atoms with E-state index < -0.39 is 0 Å². The summed E-state index contributed by atoms with van der Waals surface area (Å²) in [6.07, 6.45) is 1.48. The van der Waals surface area contributed by atoms with E-state index in [0.717, 1.165) is 11.1 Å². The summed E-state index contributed by atoms with van der Waals surface area (Å²) < 4.78 is 5.09. The third kappa shape index (κ3) is 3.46. The first-order chi connectivity index (χ1) is 9.58. The molecule has 20 heavy (non-hydrogen) atoms. The first kappa shape index (κ1) is 13.8. The third-order valence-electron chi connectivity index (χ3n) is 2.51. The molecule has 1 aromatic carbocycles. The molecule has 1 amide bonds. The van der Waals surface area contributed by atoms with Crippen molar-refractivity contribution in [3.63, 3.8) is 0 Å². The number of hydrogen-bond acceptors (Lipinski definition) is 4. The SMILES string of the molecule is Cc1cc(C#CCN)cc(C(=O)Nc2nc(C)co2)c1. The smallest absolute Gasteiger partial charge is 0.301 e. The second-order valence-electron chi connectivity index (χ2n) is 4.34. The van der Waals surface area contributed by atoms with Crippen molar-refractivity contribution in [3.05, 3.63) is 46.8 Å². The Morgan fingerprint density at radius 1 is 1.40 bits per heavy atom. The van der Waals surface area contributed by atoms with Crippen LogP contribution in [0.1, 0.15) is 27.2 Å². The Hall–Kier alpha value is -2.58. The van der Waals surface area contributed by atoms with E-state index in [9.17, 15) is 4.79 Å². The first-order valence-electron chi connectivity index (χ1n) is 6.12. The Morgan fingerprint density at radius 3 is 2.85 bits per heavy atom. The zero-order valence-corrected chi connectivity index (χ0v) is 11.4. The molecule has 1 heterocycles. The zero-order valence-electron chi connectivity index (χ0n) is 11.4. The van der Waals surface area contributed by atoms with E-state index in [4.69, 9.17) is 10.2 Å². The molecular formula is C15H15N3O2. The van der Waals surface area contributed by atoms with E-state index in [2.05, 4.69) is 22.1 Å². The van der Waals surface area contributed by atoms with Crippen LogP contribution < -0.4 is 11.1 Å². The van der Waals surface area contributed by atoms with Crippen LogP contribution in [0.15, 0.2) is 28.9 Å². The molecule has 0 saturated carbocycles. The van der Waals surface area contributed by atoms with Crippen LogP contribution in [0.4, 0.5) is 6.01 Å². The van der Waals surface area contributed by atoms with Crippen LogP contribution in [0.2, 0.25) is 0 Å². The number of nitrogens with zero attached hydrogens (tertiary/aromatic N) is 1. The highest BCUT2D eigenvalue weighted by atomic mass is 16.4. The molecule has 0 aliphatic heterocycles. The van der Waals surface area contributed by atoms with Gasteiger partial charge in [-0.3, -0.25) is 10.1 Å². The topological polar surface area (TPSA) is 81.2 Å². The van der Waals surface area contributed by atoms with E-state index in [1.165, 1.54) is 6.26 Å². The van der Waals surface area contributed by atoms with Gasteiger partial charge in [0.1, 0.15) is 6.26 Å². The van der Waals surface area contributed by atoms with E-state index in [1.807, 2.05) is 13.0 Å². The number of nitrogens with one attached hydrogen (secondary N) is 1. The van der Waals surface area contributed by atoms with Crippen molar-refractivity contribution in [1.29, 1.82) is 0 Å². The predicted molar refractivity (Wildman–Crippen MR) is 76.3 cm³/mol. The fraction of sp³-hybridized carbons (Fsp3) is 0.200. The summed E-state index contributed by atoms with van der Waals surface area (Å²) in [4.78, 5) is 16.1. The Kier molecular flexibility index (Phi) is 4.18. The molecule has 2 aromatic rings. The number of aromatic nitrogens is 1. The number of aryl methyl sites for hydroxylation is 2. The molecule has 0 bridgehead atoms. The Balaban J connectivity index is 2.23. The van der Waals surface area contributed by atoms with Gasteiger partial charge in [-0.05, 0) is 37.6 Å². The molecule has 2 rings (SSSR count). The van der Waals surface area contributed by atoms with Gasteiger partial charge in [0.25, 0.3) is 5.91 Å². The number of carbonyl (C=O) groups is 1. The largest absolute Gasteiger partial charge is 0.432 e. The number of nitrogens with two attached hydrogens (primary N) is 1. The number of anilines is 1. The number of rotatable bonds is 2. The van der Waals surface area contributed by atoms with Crippen molar-refractivity contribution in [3.8, 4) is 11.8 Å². The number of oxazole rings is 1. The predicted octanol–water partition coefficient (Wildman–Crippen LogP) is 1.85. The molecule has 1 aromatic heterocycles. The highest BCUT2D eigenvalue weighted by Crippen LogP contribution is 2.12. The molecule has 0 radical (unpaired) electrons. The second kappa shape index (κ2) is 6.04. The fourth-order valence-corrected chi connectivity index (χ4v) is 1.72. The lowest BCUT2D eigenvalue weighted by Crippen LogP contribution is -2.12. The number of amides is 1. The Morgan fingerprint density at radius 2 is 2.20 bits per heavy atom. The maximum atomic E-state index is 12.1. The molecule has 0 aliphatic rings. The average Bonchev–Trinajstić information content (AvgIpc) is 2.81. The summed E-state index contributed by atoms with van der Waals surface area (Å²) in [5, 5.41) is 2.60. The van der Waals surface area contributed by atoms with Gasteiger partial charge in [-0.15, -0.1) is 0 Å². The van der Waals surface area contributed by atoms with Gasteiger partial charge in [0.05, 0.1) is 12.2 Å². The minimum atomic E-state index is -0.286. The molecule has 0 spiro atoms. The van der Waals surface area contributed by atoms with Gasteiger partial charge in [-0.1, -0.05) is 11.8 Å². The van der Waals surface area contributed by atoms with Crippen LogP contribution in [0, 0.1) is 25.7 Å². The number of hydrogen-bond donors (Lipinski definition) is 2. The third-order valence-corrected chi connectivity index (χ3v) is 2.51. The van der Waals surface area contributed by atoms with Gasteiger partial charge in [0, 0.05) is 11.1 Å². The van der Waals surface area contributed by atoms with Crippen molar-refractivity contribution in [2.45, 2.75) is 13.8 Å². The minimum Gasteiger partial charge on any atom is -0.432 e. The summed E-state index contributed by atoms with van der Waals surface area (Å²) in [6.45, 7) is 3.97. The van der Waals surface area contributed by atoms with Gasteiger partial charge < -0.3 is 10.2 Å². The van der Waals surface area contributed by atoms with Crippen molar-refractivity contribution in [2.24, 2.45) is 5.73 Å². The van der Waals surface area contributed by atoms with Crippen molar-refractivity contribution in [1.82, 2.24) is 4.98 Å². The molecule has 0 unspecified atom stereocenters. The lowest BCUT2D eigenvalue weighted by atomic mass is 10.1. The van der Waals surface area contributed by atoms with Crippen LogP contribution in [0.3, 0.4) is 0 Å². The van der Waals surface area contributed by atoms with Gasteiger partial charge in [0.2, 0.25) is 0 Å². The van der Waals surface area contributed by atoms with Crippen LogP contribution >= 0.6 is 0 Å². The molecule has 5 nitrogen and oxygen atoms in total. The standard InChI is InChI=1S/C15H15N3O2/c1-10-6-12(4-3-5-16)8-13(7-10)14(19)18-15-17-11(2)9-20-15/h6-9H,5,16H2,1-2H3,(H,17,18,19). The Bertz CT molecular complexity index is 693. The number of benzene rings is 1. The van der Waals surface area contributed by atoms with Gasteiger partial charge in [-0.25, -0.2) is 0 Å². The van der Waals surface area contributed by atoms with Crippen LogP contribution in [0.5, 0.6) is 0 Å². The summed E-state index contributed by atoms with van der Waals surface area (Å²) in [5.74, 6) is 5.39. The molecule has 102 valence electrons. The molecule has 0 atom stereocenters. The van der Waals surface area contributed by atoms with Crippen LogP contribution in [-0.4, -0.2) is 17.4 Å². The number of carbonyl (C=O) groups excluding carboxylic acids is 1. The van der Waals surface area contributed by atoms with Crippen molar-refractivity contribution < 1.29 is 9.21 Å². The molecule has 0 saturated heterocycles. The molecule has 3 N–H and O–H groups in total. The highest BCUT2D eigenvalue weighted by Gasteiger charge is 2.10. The minimum absolute atomic E-state index is 0.184. The summed E-state index contributed by atoms with van der Waals surface area (Å²) in [7, 11) is 0. The van der Waals surface area contributed by atoms with Gasteiger partial charge >= 0.3 is 6.01 Å². The van der Waals surface area contributed by atoms with Crippen LogP contribution in [-0.2, 0) is 0 Å².